The maximum absolute atomic E-state index is 11.6. The van der Waals surface area contributed by atoms with Crippen molar-refractivity contribution in [2.24, 2.45) is 17.8 Å². The van der Waals surface area contributed by atoms with E-state index in [9.17, 15) is 4.79 Å². The fourth-order valence-corrected chi connectivity index (χ4v) is 3.60. The molecule has 2 heteroatoms. The molecule has 0 N–H and O–H groups in total. The van der Waals surface area contributed by atoms with Crippen molar-refractivity contribution in [2.45, 2.75) is 58.8 Å². The van der Waals surface area contributed by atoms with Gasteiger partial charge in [0, 0.05) is 12.3 Å². The van der Waals surface area contributed by atoms with Crippen LogP contribution in [-0.4, -0.2) is 30.3 Å². The number of rotatable bonds is 4. The van der Waals surface area contributed by atoms with Gasteiger partial charge in [0.15, 0.2) is 0 Å². The molecule has 18 heavy (non-hydrogen) atoms. The first-order chi connectivity index (χ1) is 8.66. The van der Waals surface area contributed by atoms with E-state index in [-0.39, 0.29) is 0 Å². The summed E-state index contributed by atoms with van der Waals surface area (Å²) in [4.78, 5) is 14.2. The summed E-state index contributed by atoms with van der Waals surface area (Å²) in [6.45, 7) is 8.38. The zero-order chi connectivity index (χ0) is 13.0. The van der Waals surface area contributed by atoms with Crippen LogP contribution in [-0.2, 0) is 4.79 Å². The number of carbonyl (C=O) groups excluding carboxylic acids is 1. The molecule has 0 aromatic carbocycles. The van der Waals surface area contributed by atoms with Gasteiger partial charge in [0.1, 0.15) is 5.78 Å². The molecule has 2 aliphatic rings. The van der Waals surface area contributed by atoms with Gasteiger partial charge in [-0.05, 0) is 70.0 Å². The van der Waals surface area contributed by atoms with Gasteiger partial charge in [-0.3, -0.25) is 4.79 Å². The van der Waals surface area contributed by atoms with Crippen molar-refractivity contribution in [3.8, 4) is 0 Å². The van der Waals surface area contributed by atoms with Crippen molar-refractivity contribution in [3.05, 3.63) is 0 Å². The van der Waals surface area contributed by atoms with Crippen LogP contribution in [0.15, 0.2) is 0 Å². The Labute approximate surface area is 112 Å². The molecule has 1 aliphatic carbocycles. The first kappa shape index (κ1) is 14.0. The first-order valence-electron chi connectivity index (χ1n) is 7.92. The summed E-state index contributed by atoms with van der Waals surface area (Å²) in [6, 6.07) is 0. The average molecular weight is 251 g/mol. The number of hydrogen-bond acceptors (Lipinski definition) is 2. The second kappa shape index (κ2) is 6.70. The second-order valence-corrected chi connectivity index (χ2v) is 6.62. The van der Waals surface area contributed by atoms with E-state index >= 15 is 0 Å². The van der Waals surface area contributed by atoms with Crippen LogP contribution in [0.3, 0.4) is 0 Å². The van der Waals surface area contributed by atoms with Crippen molar-refractivity contribution in [1.29, 1.82) is 0 Å². The normalized spacial score (nSPS) is 30.9. The number of carbonyl (C=O) groups is 1. The second-order valence-electron chi connectivity index (χ2n) is 6.62. The Hall–Kier alpha value is -0.370. The Morgan fingerprint density at radius 2 is 2.00 bits per heavy atom. The molecule has 1 aliphatic heterocycles. The highest BCUT2D eigenvalue weighted by Gasteiger charge is 2.25. The molecular formula is C16H29NO. The summed E-state index contributed by atoms with van der Waals surface area (Å²) < 4.78 is 0. The zero-order valence-corrected chi connectivity index (χ0v) is 12.2. The molecule has 0 aromatic rings. The third-order valence-corrected chi connectivity index (χ3v) is 5.03. The quantitative estimate of drug-likeness (QED) is 0.762. The van der Waals surface area contributed by atoms with Gasteiger partial charge < -0.3 is 4.90 Å². The van der Waals surface area contributed by atoms with Crippen LogP contribution in [0.5, 0.6) is 0 Å². The third kappa shape index (κ3) is 3.81. The van der Waals surface area contributed by atoms with E-state index in [1.54, 1.807) is 0 Å². The lowest BCUT2D eigenvalue weighted by molar-refractivity contribution is -0.120. The first-order valence-corrected chi connectivity index (χ1v) is 7.92. The number of likely N-dealkylation sites (tertiary alicyclic amines) is 1. The molecule has 1 saturated heterocycles. The molecule has 2 rings (SSSR count). The molecule has 0 bridgehead atoms. The van der Waals surface area contributed by atoms with Crippen molar-refractivity contribution in [1.82, 2.24) is 4.90 Å². The minimum Gasteiger partial charge on any atom is -0.303 e. The number of hydrogen-bond donors (Lipinski definition) is 0. The number of Topliss-reactive ketones (excluding diaryl/α,β-unsaturated/α-hetero) is 1. The lowest BCUT2D eigenvalue weighted by atomic mass is 9.89. The van der Waals surface area contributed by atoms with E-state index in [0.29, 0.717) is 11.7 Å². The Balaban J connectivity index is 1.71. The van der Waals surface area contributed by atoms with Crippen LogP contribution in [0.25, 0.3) is 0 Å². The van der Waals surface area contributed by atoms with Crippen LogP contribution in [0.1, 0.15) is 58.8 Å². The van der Waals surface area contributed by atoms with Gasteiger partial charge >= 0.3 is 0 Å². The molecule has 0 radical (unpaired) electrons. The zero-order valence-electron chi connectivity index (χ0n) is 12.2. The highest BCUT2D eigenvalue weighted by molar-refractivity contribution is 5.82. The van der Waals surface area contributed by atoms with Gasteiger partial charge in [0.25, 0.3) is 0 Å². The monoisotopic (exact) mass is 251 g/mol. The van der Waals surface area contributed by atoms with Crippen LogP contribution >= 0.6 is 0 Å². The summed E-state index contributed by atoms with van der Waals surface area (Å²) in [6.07, 6.45) is 8.36. The van der Waals surface area contributed by atoms with Gasteiger partial charge in [0.2, 0.25) is 0 Å². The molecule has 0 spiro atoms. The molecule has 104 valence electrons. The van der Waals surface area contributed by atoms with E-state index in [0.717, 1.165) is 44.1 Å². The van der Waals surface area contributed by atoms with Gasteiger partial charge in [0.05, 0.1) is 0 Å². The summed E-state index contributed by atoms with van der Waals surface area (Å²) in [5, 5.41) is 0. The molecule has 0 aromatic heterocycles. The van der Waals surface area contributed by atoms with E-state index < -0.39 is 0 Å². The summed E-state index contributed by atoms with van der Waals surface area (Å²) in [5.74, 6) is 2.68. The molecule has 2 nitrogen and oxygen atoms in total. The van der Waals surface area contributed by atoms with Crippen LogP contribution < -0.4 is 0 Å². The van der Waals surface area contributed by atoms with Gasteiger partial charge in [-0.15, -0.1) is 0 Å². The number of ketones is 1. The fourth-order valence-electron chi connectivity index (χ4n) is 3.60. The molecule has 1 saturated carbocycles. The Bertz CT molecular complexity index is 274. The van der Waals surface area contributed by atoms with Gasteiger partial charge in [-0.2, -0.15) is 0 Å². The van der Waals surface area contributed by atoms with Crippen molar-refractivity contribution < 1.29 is 4.79 Å². The molecule has 1 heterocycles. The Morgan fingerprint density at radius 3 is 2.67 bits per heavy atom. The van der Waals surface area contributed by atoms with Crippen LogP contribution in [0, 0.1) is 17.8 Å². The van der Waals surface area contributed by atoms with Crippen LogP contribution in [0.2, 0.25) is 0 Å². The summed E-state index contributed by atoms with van der Waals surface area (Å²) in [7, 11) is 0. The maximum atomic E-state index is 11.6. The topological polar surface area (TPSA) is 20.3 Å². The SMILES string of the molecule is CC(C)C1CCCN(CCC2CCCC2=O)CC1. The smallest absolute Gasteiger partial charge is 0.136 e. The largest absolute Gasteiger partial charge is 0.303 e. The van der Waals surface area contributed by atoms with Gasteiger partial charge in [-0.25, -0.2) is 0 Å². The predicted octanol–water partition coefficient (Wildman–Crippen LogP) is 3.50. The molecule has 2 unspecified atom stereocenters. The summed E-state index contributed by atoms with van der Waals surface area (Å²) >= 11 is 0. The Morgan fingerprint density at radius 1 is 1.17 bits per heavy atom. The van der Waals surface area contributed by atoms with E-state index in [4.69, 9.17) is 0 Å². The third-order valence-electron chi connectivity index (χ3n) is 5.03. The predicted molar refractivity (Wildman–Crippen MR) is 75.6 cm³/mol. The minimum absolute atomic E-state index is 0.397. The van der Waals surface area contributed by atoms with Crippen molar-refractivity contribution in [3.63, 3.8) is 0 Å². The van der Waals surface area contributed by atoms with Gasteiger partial charge in [-0.1, -0.05) is 13.8 Å². The summed E-state index contributed by atoms with van der Waals surface area (Å²) in [5.41, 5.74) is 0. The highest BCUT2D eigenvalue weighted by Crippen LogP contribution is 2.27. The van der Waals surface area contributed by atoms with Crippen molar-refractivity contribution >= 4 is 5.78 Å². The molecular weight excluding hydrogens is 222 g/mol. The fraction of sp³-hybridized carbons (Fsp3) is 0.938. The highest BCUT2D eigenvalue weighted by atomic mass is 16.1. The lowest BCUT2D eigenvalue weighted by Gasteiger charge is -2.22. The van der Waals surface area contributed by atoms with E-state index in [2.05, 4.69) is 18.7 Å². The standard InChI is InChI=1S/C16H29NO/c1-13(2)14-6-4-10-17(11-8-14)12-9-15-5-3-7-16(15)18/h13-15H,3-12H2,1-2H3. The van der Waals surface area contributed by atoms with Crippen LogP contribution in [0.4, 0.5) is 0 Å². The maximum Gasteiger partial charge on any atom is 0.136 e. The lowest BCUT2D eigenvalue weighted by Crippen LogP contribution is -2.28. The Kier molecular flexibility index (Phi) is 5.23. The van der Waals surface area contributed by atoms with Crippen molar-refractivity contribution in [2.75, 3.05) is 19.6 Å². The average Bonchev–Trinajstić information content (AvgIpc) is 2.62. The minimum atomic E-state index is 0.397. The molecule has 2 atom stereocenters. The van der Waals surface area contributed by atoms with E-state index in [1.807, 2.05) is 0 Å². The van der Waals surface area contributed by atoms with E-state index in [1.165, 1.54) is 32.4 Å². The molecule has 2 fully saturated rings. The molecule has 0 amide bonds. The number of nitrogens with zero attached hydrogens (tertiary/aromatic N) is 1.